The van der Waals surface area contributed by atoms with Gasteiger partial charge in [0.15, 0.2) is 0 Å². The summed E-state index contributed by atoms with van der Waals surface area (Å²) >= 11 is 5.92. The first kappa shape index (κ1) is 22.3. The maximum absolute atomic E-state index is 14.7. The summed E-state index contributed by atoms with van der Waals surface area (Å²) in [4.78, 5) is 37.6. The van der Waals surface area contributed by atoms with Crippen molar-refractivity contribution < 1.29 is 32.3 Å². The fraction of sp³-hybridized carbons (Fsp3) is 0.0455. The molecule has 11 heteroatoms. The van der Waals surface area contributed by atoms with Gasteiger partial charge in [-0.2, -0.15) is 13.2 Å². The van der Waals surface area contributed by atoms with E-state index >= 15 is 0 Å². The first-order valence-electron chi connectivity index (χ1n) is 9.18. The number of carboxylic acid groups (broad SMARTS) is 1. The van der Waals surface area contributed by atoms with Crippen LogP contribution < -0.4 is 5.69 Å². The number of benzene rings is 3. The number of fused-ring (bicyclic) bond motifs is 1. The van der Waals surface area contributed by atoms with Crippen molar-refractivity contribution in [1.82, 2.24) is 9.13 Å². The van der Waals surface area contributed by atoms with Gasteiger partial charge in [-0.1, -0.05) is 29.8 Å². The van der Waals surface area contributed by atoms with Gasteiger partial charge in [-0.3, -0.25) is 9.36 Å². The Balaban J connectivity index is 2.03. The number of alkyl halides is 3. The second-order valence-corrected chi connectivity index (χ2v) is 7.29. The van der Waals surface area contributed by atoms with Crippen LogP contribution in [-0.4, -0.2) is 26.1 Å². The van der Waals surface area contributed by atoms with Crippen molar-refractivity contribution in [2.75, 3.05) is 0 Å². The van der Waals surface area contributed by atoms with Crippen LogP contribution >= 0.6 is 11.6 Å². The van der Waals surface area contributed by atoms with Crippen molar-refractivity contribution in [2.45, 2.75) is 6.18 Å². The van der Waals surface area contributed by atoms with Crippen LogP contribution in [0.15, 0.2) is 65.5 Å². The van der Waals surface area contributed by atoms with E-state index in [1.807, 2.05) is 0 Å². The third-order valence-corrected chi connectivity index (χ3v) is 5.23. The predicted octanol–water partition coefficient (Wildman–Crippen LogP) is 4.99. The fourth-order valence-corrected chi connectivity index (χ4v) is 3.74. The van der Waals surface area contributed by atoms with Crippen molar-refractivity contribution >= 4 is 34.5 Å². The number of carboxylic acids is 1. The molecular formula is C22H11ClF4N2O4. The molecule has 1 heterocycles. The predicted molar refractivity (Wildman–Crippen MR) is 111 cm³/mol. The first-order valence-corrected chi connectivity index (χ1v) is 9.56. The number of rotatable bonds is 3. The Hall–Kier alpha value is -3.92. The van der Waals surface area contributed by atoms with Gasteiger partial charge >= 0.3 is 17.8 Å². The SMILES string of the molecule is O=C(O)c1ccc(-n2c(=O)n(C(=O)c3c(Cl)cccc3C(F)(F)F)c3ccccc32)c(F)c1. The molecule has 33 heavy (non-hydrogen) atoms. The molecule has 0 spiro atoms. The van der Waals surface area contributed by atoms with E-state index in [1.165, 1.54) is 24.3 Å². The Morgan fingerprint density at radius 2 is 1.61 bits per heavy atom. The molecule has 0 atom stereocenters. The summed E-state index contributed by atoms with van der Waals surface area (Å²) in [6, 6.07) is 11.1. The normalized spacial score (nSPS) is 11.7. The summed E-state index contributed by atoms with van der Waals surface area (Å²) in [5, 5.41) is 8.51. The molecule has 3 aromatic carbocycles. The third kappa shape index (κ3) is 3.68. The molecule has 6 nitrogen and oxygen atoms in total. The Labute approximate surface area is 186 Å². The number of carbonyl (C=O) groups is 2. The van der Waals surface area contributed by atoms with Gasteiger partial charge in [0, 0.05) is 0 Å². The fourth-order valence-electron chi connectivity index (χ4n) is 3.49. The van der Waals surface area contributed by atoms with E-state index < -0.39 is 45.7 Å². The molecule has 0 amide bonds. The number of hydrogen-bond acceptors (Lipinski definition) is 3. The van der Waals surface area contributed by atoms with Crippen molar-refractivity contribution in [2.24, 2.45) is 0 Å². The topological polar surface area (TPSA) is 81.3 Å². The molecule has 1 aromatic heterocycles. The molecule has 0 bridgehead atoms. The molecule has 0 saturated heterocycles. The molecule has 0 fully saturated rings. The van der Waals surface area contributed by atoms with Crippen LogP contribution in [0.5, 0.6) is 0 Å². The monoisotopic (exact) mass is 478 g/mol. The highest BCUT2D eigenvalue weighted by molar-refractivity contribution is 6.34. The number of imidazole rings is 1. The highest BCUT2D eigenvalue weighted by Crippen LogP contribution is 2.35. The van der Waals surface area contributed by atoms with E-state index in [-0.39, 0.29) is 22.3 Å². The molecule has 168 valence electrons. The highest BCUT2D eigenvalue weighted by atomic mass is 35.5. The molecule has 0 radical (unpaired) electrons. The minimum atomic E-state index is -4.93. The van der Waals surface area contributed by atoms with E-state index in [0.717, 1.165) is 28.8 Å². The molecule has 0 unspecified atom stereocenters. The molecule has 0 aliphatic heterocycles. The van der Waals surface area contributed by atoms with Crippen LogP contribution in [0.4, 0.5) is 17.6 Å². The molecule has 0 aliphatic rings. The van der Waals surface area contributed by atoms with E-state index in [9.17, 15) is 31.9 Å². The van der Waals surface area contributed by atoms with E-state index in [4.69, 9.17) is 16.7 Å². The summed E-state index contributed by atoms with van der Waals surface area (Å²) in [5.41, 5.74) is -4.27. The van der Waals surface area contributed by atoms with Crippen LogP contribution in [0.1, 0.15) is 26.3 Å². The van der Waals surface area contributed by atoms with Crippen LogP contribution in [0.2, 0.25) is 5.02 Å². The molecular weight excluding hydrogens is 468 g/mol. The lowest BCUT2D eigenvalue weighted by atomic mass is 10.1. The van der Waals surface area contributed by atoms with Gasteiger partial charge in [0.25, 0.3) is 5.91 Å². The Morgan fingerprint density at radius 3 is 2.21 bits per heavy atom. The zero-order valence-corrected chi connectivity index (χ0v) is 17.0. The second-order valence-electron chi connectivity index (χ2n) is 6.88. The molecule has 4 aromatic rings. The van der Waals surface area contributed by atoms with Gasteiger partial charge in [-0.15, -0.1) is 0 Å². The van der Waals surface area contributed by atoms with Crippen LogP contribution in [-0.2, 0) is 6.18 Å². The van der Waals surface area contributed by atoms with Gasteiger partial charge < -0.3 is 5.11 Å². The summed E-state index contributed by atoms with van der Waals surface area (Å²) in [6.07, 6.45) is -4.93. The average molecular weight is 479 g/mol. The van der Waals surface area contributed by atoms with Gasteiger partial charge in [0.2, 0.25) is 0 Å². The Bertz CT molecular complexity index is 1500. The van der Waals surface area contributed by atoms with E-state index in [1.54, 1.807) is 0 Å². The zero-order valence-electron chi connectivity index (χ0n) is 16.2. The minimum Gasteiger partial charge on any atom is -0.478 e. The number of aromatic carboxylic acids is 1. The summed E-state index contributed by atoms with van der Waals surface area (Å²) < 4.78 is 56.6. The second kappa shape index (κ2) is 7.89. The number of nitrogens with zero attached hydrogens (tertiary/aromatic N) is 2. The van der Waals surface area contributed by atoms with Crippen molar-refractivity contribution in [3.05, 3.63) is 98.7 Å². The number of para-hydroxylation sites is 2. The maximum Gasteiger partial charge on any atom is 0.417 e. The summed E-state index contributed by atoms with van der Waals surface area (Å²) in [6.45, 7) is 0. The zero-order chi connectivity index (χ0) is 24.1. The lowest BCUT2D eigenvalue weighted by Crippen LogP contribution is -2.30. The number of halogens is 5. The smallest absolute Gasteiger partial charge is 0.417 e. The van der Waals surface area contributed by atoms with Crippen LogP contribution in [0.3, 0.4) is 0 Å². The molecule has 0 saturated carbocycles. The lowest BCUT2D eigenvalue weighted by molar-refractivity contribution is -0.137. The highest BCUT2D eigenvalue weighted by Gasteiger charge is 2.37. The lowest BCUT2D eigenvalue weighted by Gasteiger charge is -2.13. The van der Waals surface area contributed by atoms with E-state index in [0.29, 0.717) is 16.7 Å². The molecule has 4 rings (SSSR count). The standard InChI is InChI=1S/C22H11ClF4N2O4/c23-13-5-3-4-12(22(25,26)27)18(13)19(30)29-17-7-2-1-6-16(17)28(21(29)33)15-9-8-11(20(31)32)10-14(15)24/h1-10H,(H,31,32). The van der Waals surface area contributed by atoms with Crippen molar-refractivity contribution in [1.29, 1.82) is 0 Å². The Kier molecular flexibility index (Phi) is 5.33. The van der Waals surface area contributed by atoms with Crippen LogP contribution in [0.25, 0.3) is 16.7 Å². The van der Waals surface area contributed by atoms with Gasteiger partial charge in [0.05, 0.1) is 38.4 Å². The number of hydrogen-bond donors (Lipinski definition) is 1. The van der Waals surface area contributed by atoms with Crippen molar-refractivity contribution in [3.63, 3.8) is 0 Å². The van der Waals surface area contributed by atoms with E-state index in [2.05, 4.69) is 0 Å². The van der Waals surface area contributed by atoms with Gasteiger partial charge in [-0.25, -0.2) is 18.5 Å². The molecule has 1 N–H and O–H groups in total. The number of aromatic nitrogens is 2. The maximum atomic E-state index is 14.7. The minimum absolute atomic E-state index is 0.0124. The largest absolute Gasteiger partial charge is 0.478 e. The van der Waals surface area contributed by atoms with Gasteiger partial charge in [-0.05, 0) is 42.5 Å². The van der Waals surface area contributed by atoms with Gasteiger partial charge in [0.1, 0.15) is 5.82 Å². The Morgan fingerprint density at radius 1 is 0.939 bits per heavy atom. The summed E-state index contributed by atoms with van der Waals surface area (Å²) in [5.74, 6) is -3.83. The van der Waals surface area contributed by atoms with Crippen molar-refractivity contribution in [3.8, 4) is 5.69 Å². The number of carbonyl (C=O) groups excluding carboxylic acids is 1. The quantitative estimate of drug-likeness (QED) is 0.421. The first-order chi connectivity index (χ1) is 15.5. The summed E-state index contributed by atoms with van der Waals surface area (Å²) in [7, 11) is 0. The molecule has 0 aliphatic carbocycles. The average Bonchev–Trinajstić information content (AvgIpc) is 3.04. The van der Waals surface area contributed by atoms with Crippen LogP contribution in [0, 0.1) is 5.82 Å². The third-order valence-electron chi connectivity index (χ3n) is 4.92.